The number of ether oxygens (including phenoxy) is 1. The Morgan fingerprint density at radius 3 is 2.80 bits per heavy atom. The van der Waals surface area contributed by atoms with E-state index in [4.69, 9.17) is 9.84 Å². The molecule has 0 aromatic heterocycles. The maximum atomic E-state index is 12.0. The highest BCUT2D eigenvalue weighted by Crippen LogP contribution is 2.22. The molecule has 5 heteroatoms. The van der Waals surface area contributed by atoms with Gasteiger partial charge in [0, 0.05) is 13.1 Å². The number of hydrogen-bond acceptors (Lipinski definition) is 3. The number of benzene rings is 1. The van der Waals surface area contributed by atoms with E-state index in [1.807, 2.05) is 19.9 Å². The number of rotatable bonds is 4. The van der Waals surface area contributed by atoms with Gasteiger partial charge in [0.05, 0.1) is 11.7 Å². The van der Waals surface area contributed by atoms with Crippen LogP contribution >= 0.6 is 0 Å². The third kappa shape index (κ3) is 3.17. The smallest absolute Gasteiger partial charge is 0.335 e. The number of hydrogen-bond donors (Lipinski definition) is 1. The third-order valence-electron chi connectivity index (χ3n) is 3.39. The van der Waals surface area contributed by atoms with Crippen LogP contribution in [-0.4, -0.2) is 41.1 Å². The van der Waals surface area contributed by atoms with Gasteiger partial charge in [-0.3, -0.25) is 4.79 Å². The van der Waals surface area contributed by atoms with Crippen molar-refractivity contribution in [3.8, 4) is 0 Å². The number of carboxylic acids is 1. The molecule has 0 spiro atoms. The number of carbonyl (C=O) groups is 2. The zero-order valence-corrected chi connectivity index (χ0v) is 11.8. The van der Waals surface area contributed by atoms with Crippen molar-refractivity contribution in [1.82, 2.24) is 4.90 Å². The molecule has 1 N–H and O–H groups in total. The van der Waals surface area contributed by atoms with Gasteiger partial charge in [-0.2, -0.15) is 0 Å². The highest BCUT2D eigenvalue weighted by molar-refractivity contribution is 5.90. The standard InChI is InChI=1S/C15H19NO4/c1-10(2)20-9-14(17)16-7-6-12-11(8-16)4-3-5-13(12)15(18)19/h3-5,10H,6-9H2,1-2H3,(H,18,19). The zero-order chi connectivity index (χ0) is 14.7. The molecule has 2 rings (SSSR count). The van der Waals surface area contributed by atoms with Crippen LogP contribution in [0.4, 0.5) is 0 Å². The van der Waals surface area contributed by atoms with Crippen LogP contribution in [0.1, 0.15) is 35.3 Å². The van der Waals surface area contributed by atoms with Crippen LogP contribution < -0.4 is 0 Å². The number of carboxylic acid groups (broad SMARTS) is 1. The topological polar surface area (TPSA) is 66.8 Å². The molecule has 0 saturated heterocycles. The Kier molecular flexibility index (Phi) is 4.39. The van der Waals surface area contributed by atoms with Crippen LogP contribution in [0.15, 0.2) is 18.2 Å². The van der Waals surface area contributed by atoms with Gasteiger partial charge < -0.3 is 14.7 Å². The lowest BCUT2D eigenvalue weighted by Crippen LogP contribution is -2.39. The Bertz CT molecular complexity index is 525. The Labute approximate surface area is 118 Å². The number of fused-ring (bicyclic) bond motifs is 1. The summed E-state index contributed by atoms with van der Waals surface area (Å²) in [7, 11) is 0. The highest BCUT2D eigenvalue weighted by Gasteiger charge is 2.24. The second-order valence-electron chi connectivity index (χ2n) is 5.17. The first-order chi connectivity index (χ1) is 9.49. The van der Waals surface area contributed by atoms with Gasteiger partial charge in [0.2, 0.25) is 5.91 Å². The molecule has 0 unspecified atom stereocenters. The van der Waals surface area contributed by atoms with Gasteiger partial charge in [-0.1, -0.05) is 12.1 Å². The Morgan fingerprint density at radius 1 is 1.40 bits per heavy atom. The minimum atomic E-state index is -0.912. The van der Waals surface area contributed by atoms with Crippen LogP contribution in [-0.2, 0) is 22.5 Å². The summed E-state index contributed by atoms with van der Waals surface area (Å²) in [6.07, 6.45) is 0.597. The predicted octanol–water partition coefficient (Wildman–Crippen LogP) is 1.69. The van der Waals surface area contributed by atoms with Crippen molar-refractivity contribution in [2.24, 2.45) is 0 Å². The SMILES string of the molecule is CC(C)OCC(=O)N1CCc2c(cccc2C(=O)O)C1. The molecular weight excluding hydrogens is 258 g/mol. The summed E-state index contributed by atoms with van der Waals surface area (Å²) in [5.74, 6) is -0.963. The van der Waals surface area contributed by atoms with Crippen molar-refractivity contribution in [2.45, 2.75) is 32.9 Å². The summed E-state index contributed by atoms with van der Waals surface area (Å²) in [6, 6.07) is 5.21. The molecule has 0 atom stereocenters. The third-order valence-corrected chi connectivity index (χ3v) is 3.39. The van der Waals surface area contributed by atoms with E-state index in [-0.39, 0.29) is 18.6 Å². The molecule has 0 fully saturated rings. The van der Waals surface area contributed by atoms with Crippen molar-refractivity contribution in [2.75, 3.05) is 13.2 Å². The summed E-state index contributed by atoms with van der Waals surface area (Å²) >= 11 is 0. The molecule has 0 bridgehead atoms. The number of aromatic carboxylic acids is 1. The van der Waals surface area contributed by atoms with Crippen LogP contribution in [0.2, 0.25) is 0 Å². The molecule has 0 saturated carbocycles. The van der Waals surface area contributed by atoms with Crippen LogP contribution in [0.3, 0.4) is 0 Å². The van der Waals surface area contributed by atoms with E-state index in [1.54, 1.807) is 17.0 Å². The molecule has 1 amide bonds. The molecule has 1 heterocycles. The number of nitrogens with zero attached hydrogens (tertiary/aromatic N) is 1. The zero-order valence-electron chi connectivity index (χ0n) is 11.8. The molecular formula is C15H19NO4. The van der Waals surface area contributed by atoms with Gasteiger partial charge in [-0.05, 0) is 37.5 Å². The van der Waals surface area contributed by atoms with E-state index in [1.165, 1.54) is 0 Å². The molecule has 1 aromatic rings. The molecule has 0 aliphatic carbocycles. The minimum absolute atomic E-state index is 0.0228. The van der Waals surface area contributed by atoms with E-state index in [9.17, 15) is 9.59 Å². The molecule has 108 valence electrons. The van der Waals surface area contributed by atoms with Gasteiger partial charge in [0.1, 0.15) is 6.61 Å². The van der Waals surface area contributed by atoms with E-state index < -0.39 is 5.97 Å². The summed E-state index contributed by atoms with van der Waals surface area (Å²) in [5.41, 5.74) is 2.09. The molecule has 1 aliphatic rings. The van der Waals surface area contributed by atoms with Gasteiger partial charge in [0.15, 0.2) is 0 Å². The average Bonchev–Trinajstić information content (AvgIpc) is 2.43. The second-order valence-corrected chi connectivity index (χ2v) is 5.17. The number of carbonyl (C=O) groups excluding carboxylic acids is 1. The van der Waals surface area contributed by atoms with Crippen molar-refractivity contribution < 1.29 is 19.4 Å². The predicted molar refractivity (Wildman–Crippen MR) is 73.6 cm³/mol. The van der Waals surface area contributed by atoms with Gasteiger partial charge in [-0.25, -0.2) is 4.79 Å². The molecule has 20 heavy (non-hydrogen) atoms. The first-order valence-corrected chi connectivity index (χ1v) is 6.72. The van der Waals surface area contributed by atoms with Crippen molar-refractivity contribution >= 4 is 11.9 Å². The Morgan fingerprint density at radius 2 is 2.15 bits per heavy atom. The highest BCUT2D eigenvalue weighted by atomic mass is 16.5. The quantitative estimate of drug-likeness (QED) is 0.909. The fourth-order valence-corrected chi connectivity index (χ4v) is 2.35. The van der Waals surface area contributed by atoms with Gasteiger partial charge in [0.25, 0.3) is 0 Å². The van der Waals surface area contributed by atoms with Gasteiger partial charge in [-0.15, -0.1) is 0 Å². The summed E-state index contributed by atoms with van der Waals surface area (Å²) in [5, 5.41) is 9.16. The van der Waals surface area contributed by atoms with Crippen LogP contribution in [0, 0.1) is 0 Å². The normalized spacial score (nSPS) is 14.2. The first kappa shape index (κ1) is 14.5. The Hall–Kier alpha value is -1.88. The summed E-state index contributed by atoms with van der Waals surface area (Å²) < 4.78 is 5.32. The largest absolute Gasteiger partial charge is 0.478 e. The van der Waals surface area contributed by atoms with E-state index in [0.29, 0.717) is 25.1 Å². The maximum absolute atomic E-state index is 12.0. The van der Waals surface area contributed by atoms with Crippen LogP contribution in [0.25, 0.3) is 0 Å². The minimum Gasteiger partial charge on any atom is -0.478 e. The summed E-state index contributed by atoms with van der Waals surface area (Å²) in [6.45, 7) is 4.84. The molecule has 1 aliphatic heterocycles. The maximum Gasteiger partial charge on any atom is 0.335 e. The lowest BCUT2D eigenvalue weighted by atomic mass is 9.94. The molecule has 5 nitrogen and oxygen atoms in total. The summed E-state index contributed by atoms with van der Waals surface area (Å²) in [4.78, 5) is 24.9. The van der Waals surface area contributed by atoms with E-state index in [2.05, 4.69) is 0 Å². The average molecular weight is 277 g/mol. The van der Waals surface area contributed by atoms with Crippen LogP contribution in [0.5, 0.6) is 0 Å². The lowest BCUT2D eigenvalue weighted by Gasteiger charge is -2.29. The lowest BCUT2D eigenvalue weighted by molar-refractivity contribution is -0.138. The van der Waals surface area contributed by atoms with E-state index >= 15 is 0 Å². The fraction of sp³-hybridized carbons (Fsp3) is 0.467. The second kappa shape index (κ2) is 6.05. The first-order valence-electron chi connectivity index (χ1n) is 6.72. The fourth-order valence-electron chi connectivity index (χ4n) is 2.35. The number of amides is 1. The van der Waals surface area contributed by atoms with Crippen molar-refractivity contribution in [3.05, 3.63) is 34.9 Å². The van der Waals surface area contributed by atoms with Crippen molar-refractivity contribution in [1.29, 1.82) is 0 Å². The van der Waals surface area contributed by atoms with E-state index in [0.717, 1.165) is 11.1 Å². The van der Waals surface area contributed by atoms with Gasteiger partial charge >= 0.3 is 5.97 Å². The Balaban J connectivity index is 2.10. The monoisotopic (exact) mass is 277 g/mol. The molecule has 1 aromatic carbocycles. The molecule has 0 radical (unpaired) electrons. The van der Waals surface area contributed by atoms with Crippen molar-refractivity contribution in [3.63, 3.8) is 0 Å².